The maximum atomic E-state index is 12.0. The van der Waals surface area contributed by atoms with E-state index in [-0.39, 0.29) is 11.4 Å². The molecule has 0 spiro atoms. The first-order valence-electron chi connectivity index (χ1n) is 5.57. The summed E-state index contributed by atoms with van der Waals surface area (Å²) >= 11 is 0. The lowest BCUT2D eigenvalue weighted by Crippen LogP contribution is -2.27. The van der Waals surface area contributed by atoms with E-state index in [4.69, 9.17) is 0 Å². The van der Waals surface area contributed by atoms with Gasteiger partial charge in [-0.05, 0) is 37.1 Å². The van der Waals surface area contributed by atoms with Crippen LogP contribution in [0.4, 0.5) is 0 Å². The Balaban J connectivity index is 2.81. The van der Waals surface area contributed by atoms with Crippen molar-refractivity contribution in [3.63, 3.8) is 0 Å². The molecule has 1 aromatic carbocycles. The van der Waals surface area contributed by atoms with Crippen LogP contribution in [0.2, 0.25) is 0 Å². The zero-order valence-corrected chi connectivity index (χ0v) is 12.6. The topological polar surface area (TPSA) is 110 Å². The highest BCUT2D eigenvalue weighted by molar-refractivity contribution is 7.91. The molecule has 1 N–H and O–H groups in total. The Labute approximate surface area is 117 Å². The van der Waals surface area contributed by atoms with Crippen LogP contribution < -0.4 is 4.72 Å². The van der Waals surface area contributed by atoms with Crippen molar-refractivity contribution in [1.82, 2.24) is 4.72 Å². The Morgan fingerprint density at radius 3 is 2.35 bits per heavy atom. The third-order valence-corrected chi connectivity index (χ3v) is 5.25. The van der Waals surface area contributed by atoms with Crippen LogP contribution in [0.15, 0.2) is 27.5 Å². The summed E-state index contributed by atoms with van der Waals surface area (Å²) < 4.78 is 50.4. The number of isocyanates is 1. The van der Waals surface area contributed by atoms with Crippen molar-refractivity contribution >= 4 is 26.1 Å². The minimum atomic E-state index is -4.16. The number of hydrogen-bond donors (Lipinski definition) is 1. The van der Waals surface area contributed by atoms with Crippen LogP contribution in [0, 0.1) is 13.8 Å². The van der Waals surface area contributed by atoms with Crippen LogP contribution in [0.1, 0.15) is 11.1 Å². The molecule has 0 saturated carbocycles. The number of nitrogens with zero attached hydrogens (tertiary/aromatic N) is 1. The van der Waals surface area contributed by atoms with Gasteiger partial charge in [-0.25, -0.2) is 13.2 Å². The van der Waals surface area contributed by atoms with Crippen molar-refractivity contribution < 1.29 is 21.6 Å². The van der Waals surface area contributed by atoms with E-state index in [9.17, 15) is 21.6 Å². The number of hydrogen-bond acceptors (Lipinski definition) is 5. The molecule has 1 rings (SSSR count). The summed E-state index contributed by atoms with van der Waals surface area (Å²) in [5.41, 5.74) is 1.79. The molecule has 0 aromatic heterocycles. The Morgan fingerprint density at radius 1 is 1.15 bits per heavy atom. The monoisotopic (exact) mass is 318 g/mol. The van der Waals surface area contributed by atoms with Gasteiger partial charge < -0.3 is 0 Å². The zero-order chi connectivity index (χ0) is 15.4. The SMILES string of the molecule is Cc1ccc(S(=O)(=O)CCNS(=O)(=O)N=C=O)cc1C. The molecule has 0 amide bonds. The van der Waals surface area contributed by atoms with Crippen LogP contribution in [0.3, 0.4) is 0 Å². The summed E-state index contributed by atoms with van der Waals surface area (Å²) in [5.74, 6) is -0.427. The Kier molecular flexibility index (Phi) is 5.18. The lowest BCUT2D eigenvalue weighted by atomic mass is 10.1. The van der Waals surface area contributed by atoms with Gasteiger partial charge in [0.05, 0.1) is 10.6 Å². The maximum absolute atomic E-state index is 12.0. The van der Waals surface area contributed by atoms with Gasteiger partial charge >= 0.3 is 10.2 Å². The average molecular weight is 318 g/mol. The van der Waals surface area contributed by atoms with Crippen molar-refractivity contribution in [2.45, 2.75) is 18.7 Å². The van der Waals surface area contributed by atoms with E-state index in [2.05, 4.69) is 4.40 Å². The van der Waals surface area contributed by atoms with E-state index >= 15 is 0 Å². The normalized spacial score (nSPS) is 11.9. The summed E-state index contributed by atoms with van der Waals surface area (Å²) in [6.45, 7) is 3.27. The lowest BCUT2D eigenvalue weighted by Gasteiger charge is -2.07. The number of benzene rings is 1. The highest BCUT2D eigenvalue weighted by Crippen LogP contribution is 2.15. The molecule has 0 radical (unpaired) electrons. The van der Waals surface area contributed by atoms with Gasteiger partial charge in [-0.15, -0.1) is 0 Å². The van der Waals surface area contributed by atoms with Gasteiger partial charge in [0.25, 0.3) is 6.08 Å². The predicted octanol–water partition coefficient (Wildman–Crippen LogP) is 0.247. The van der Waals surface area contributed by atoms with Crippen LogP contribution in [-0.2, 0) is 24.8 Å². The first-order chi connectivity index (χ1) is 9.18. The van der Waals surface area contributed by atoms with Gasteiger partial charge in [0.15, 0.2) is 9.84 Å². The lowest BCUT2D eigenvalue weighted by molar-refractivity contribution is 0.562. The van der Waals surface area contributed by atoms with Crippen molar-refractivity contribution in [3.8, 4) is 0 Å². The third-order valence-electron chi connectivity index (χ3n) is 2.65. The van der Waals surface area contributed by atoms with E-state index < -0.39 is 25.8 Å². The second-order valence-corrected chi connectivity index (χ2v) is 7.65. The largest absolute Gasteiger partial charge is 0.330 e. The second-order valence-electron chi connectivity index (χ2n) is 4.12. The maximum Gasteiger partial charge on any atom is 0.330 e. The molecule has 20 heavy (non-hydrogen) atoms. The van der Waals surface area contributed by atoms with Crippen LogP contribution >= 0.6 is 0 Å². The zero-order valence-electron chi connectivity index (χ0n) is 11.0. The predicted molar refractivity (Wildman–Crippen MR) is 73.0 cm³/mol. The molecular weight excluding hydrogens is 304 g/mol. The Hall–Kier alpha value is -1.54. The fraction of sp³-hybridized carbons (Fsp3) is 0.364. The molecule has 1 aromatic rings. The molecule has 0 bridgehead atoms. The van der Waals surface area contributed by atoms with Gasteiger partial charge in [-0.1, -0.05) is 10.5 Å². The van der Waals surface area contributed by atoms with E-state index in [1.165, 1.54) is 12.1 Å². The number of aryl methyl sites for hydroxylation is 2. The second kappa shape index (κ2) is 6.27. The number of nitrogens with one attached hydrogen (secondary N) is 1. The molecule has 7 nitrogen and oxygen atoms in total. The van der Waals surface area contributed by atoms with Gasteiger partial charge in [0.1, 0.15) is 0 Å². The van der Waals surface area contributed by atoms with Crippen LogP contribution in [0.5, 0.6) is 0 Å². The third kappa shape index (κ3) is 4.53. The standard InChI is InChI=1S/C11H14N2O5S2/c1-9-3-4-11(7-10(9)2)19(15,16)6-5-12-20(17,18)13-8-14/h3-4,7,12H,5-6H2,1-2H3. The molecule has 0 aliphatic heterocycles. The van der Waals surface area contributed by atoms with E-state index in [1.807, 2.05) is 11.6 Å². The van der Waals surface area contributed by atoms with E-state index in [0.29, 0.717) is 0 Å². The Bertz CT molecular complexity index is 747. The molecular formula is C11H14N2O5S2. The quantitative estimate of drug-likeness (QED) is 0.597. The number of sulfone groups is 1. The van der Waals surface area contributed by atoms with Crippen molar-refractivity contribution in [1.29, 1.82) is 0 Å². The van der Waals surface area contributed by atoms with Crippen LogP contribution in [0.25, 0.3) is 0 Å². The summed E-state index contributed by atoms with van der Waals surface area (Å²) in [7, 11) is -7.77. The van der Waals surface area contributed by atoms with Crippen molar-refractivity contribution in [2.24, 2.45) is 4.40 Å². The first-order valence-corrected chi connectivity index (χ1v) is 8.66. The molecule has 9 heteroatoms. The van der Waals surface area contributed by atoms with Crippen molar-refractivity contribution in [2.75, 3.05) is 12.3 Å². The van der Waals surface area contributed by atoms with Crippen LogP contribution in [-0.4, -0.2) is 35.2 Å². The molecule has 0 atom stereocenters. The molecule has 0 aliphatic rings. The minimum Gasteiger partial charge on any atom is -0.224 e. The molecule has 0 fully saturated rings. The number of carbonyl (C=O) groups excluding carboxylic acids is 1. The minimum absolute atomic E-state index is 0.124. The summed E-state index contributed by atoms with van der Waals surface area (Å²) in [5, 5.41) is 0. The molecule has 0 unspecified atom stereocenters. The fourth-order valence-electron chi connectivity index (χ4n) is 1.41. The Morgan fingerprint density at radius 2 is 1.80 bits per heavy atom. The van der Waals surface area contributed by atoms with Gasteiger partial charge in [0.2, 0.25) is 0 Å². The summed E-state index contributed by atoms with van der Waals surface area (Å²) in [6, 6.07) is 4.68. The summed E-state index contributed by atoms with van der Waals surface area (Å²) in [4.78, 5) is 9.97. The van der Waals surface area contributed by atoms with Gasteiger partial charge in [-0.2, -0.15) is 13.1 Å². The molecule has 0 heterocycles. The van der Waals surface area contributed by atoms with E-state index in [0.717, 1.165) is 17.2 Å². The molecule has 110 valence electrons. The highest BCUT2D eigenvalue weighted by Gasteiger charge is 2.16. The number of rotatable bonds is 6. The first kappa shape index (κ1) is 16.5. The van der Waals surface area contributed by atoms with Gasteiger partial charge in [-0.3, -0.25) is 0 Å². The molecule has 0 saturated heterocycles. The summed E-state index contributed by atoms with van der Waals surface area (Å²) in [6.07, 6.45) is 0.876. The van der Waals surface area contributed by atoms with Crippen molar-refractivity contribution in [3.05, 3.63) is 29.3 Å². The van der Waals surface area contributed by atoms with E-state index in [1.54, 1.807) is 13.0 Å². The fourth-order valence-corrected chi connectivity index (χ4v) is 3.30. The molecule has 0 aliphatic carbocycles. The highest BCUT2D eigenvalue weighted by atomic mass is 32.2. The average Bonchev–Trinajstić information content (AvgIpc) is 2.31. The smallest absolute Gasteiger partial charge is 0.224 e. The van der Waals surface area contributed by atoms with Gasteiger partial charge in [0, 0.05) is 6.54 Å².